The van der Waals surface area contributed by atoms with Crippen LogP contribution >= 0.6 is 22.9 Å². The Balaban J connectivity index is 2.40. The lowest BCUT2D eigenvalue weighted by atomic mass is 10.1. The van der Waals surface area contributed by atoms with Crippen molar-refractivity contribution in [3.63, 3.8) is 0 Å². The van der Waals surface area contributed by atoms with Crippen LogP contribution in [0.3, 0.4) is 0 Å². The molecule has 0 atom stereocenters. The molecule has 2 aromatic rings. The van der Waals surface area contributed by atoms with Crippen LogP contribution in [0, 0.1) is 0 Å². The molecule has 2 rings (SSSR count). The second-order valence-corrected chi connectivity index (χ2v) is 5.64. The third-order valence-electron chi connectivity index (χ3n) is 2.69. The summed E-state index contributed by atoms with van der Waals surface area (Å²) in [6, 6.07) is 9.14. The zero-order valence-electron chi connectivity index (χ0n) is 11.1. The molecule has 0 saturated heterocycles. The lowest BCUT2D eigenvalue weighted by Gasteiger charge is -2.09. The lowest BCUT2D eigenvalue weighted by molar-refractivity contribution is 0.0597. The Morgan fingerprint density at radius 1 is 1.20 bits per heavy atom. The predicted octanol–water partition coefficient (Wildman–Crippen LogP) is 4.37. The number of thiophene rings is 1. The Morgan fingerprint density at radius 3 is 2.60 bits per heavy atom. The topological polar surface area (TPSA) is 35.5 Å². The molecule has 3 nitrogen and oxygen atoms in total. The number of hydrogen-bond donors (Lipinski definition) is 0. The summed E-state index contributed by atoms with van der Waals surface area (Å²) in [4.78, 5) is 12.9. The summed E-state index contributed by atoms with van der Waals surface area (Å²) < 4.78 is 10.7. The van der Waals surface area contributed by atoms with Gasteiger partial charge < -0.3 is 9.47 Å². The van der Waals surface area contributed by atoms with E-state index < -0.39 is 5.97 Å². The Hall–Kier alpha value is -1.78. The number of hydrogen-bond acceptors (Lipinski definition) is 4. The summed E-state index contributed by atoms with van der Waals surface area (Å²) in [5.74, 6) is 0.0644. The van der Waals surface area contributed by atoms with Gasteiger partial charge in [-0.25, -0.2) is 4.79 Å². The van der Waals surface area contributed by atoms with Crippen LogP contribution in [-0.2, 0) is 4.74 Å². The highest BCUT2D eigenvalue weighted by molar-refractivity contribution is 7.17. The fourth-order valence-corrected chi connectivity index (χ4v) is 2.73. The van der Waals surface area contributed by atoms with Crippen molar-refractivity contribution < 1.29 is 14.3 Å². The second kappa shape index (κ2) is 6.59. The molecule has 0 unspecified atom stereocenters. The van der Waals surface area contributed by atoms with Gasteiger partial charge in [0.15, 0.2) is 0 Å². The van der Waals surface area contributed by atoms with E-state index in [1.807, 2.05) is 36.4 Å². The minimum atomic E-state index is -0.425. The Bertz CT molecular complexity index is 646. The SMILES string of the molecule is COC(=O)c1c(/C=C/c2ccc(Cl)s2)cccc1OC. The van der Waals surface area contributed by atoms with E-state index in [9.17, 15) is 4.79 Å². The largest absolute Gasteiger partial charge is 0.496 e. The smallest absolute Gasteiger partial charge is 0.342 e. The van der Waals surface area contributed by atoms with Crippen molar-refractivity contribution >= 4 is 41.1 Å². The molecular formula is C15H13ClO3S. The number of methoxy groups -OCH3 is 2. The molecule has 0 aliphatic rings. The average Bonchev–Trinajstić information content (AvgIpc) is 2.89. The number of benzene rings is 1. The van der Waals surface area contributed by atoms with Gasteiger partial charge in [-0.2, -0.15) is 0 Å². The fourth-order valence-electron chi connectivity index (χ4n) is 1.77. The average molecular weight is 309 g/mol. The van der Waals surface area contributed by atoms with Gasteiger partial charge in [0.05, 0.1) is 18.6 Å². The molecule has 5 heteroatoms. The monoisotopic (exact) mass is 308 g/mol. The van der Waals surface area contributed by atoms with Crippen LogP contribution in [0.2, 0.25) is 4.34 Å². The molecule has 0 N–H and O–H groups in total. The predicted molar refractivity (Wildman–Crippen MR) is 82.6 cm³/mol. The van der Waals surface area contributed by atoms with Crippen LogP contribution in [0.25, 0.3) is 12.2 Å². The van der Waals surface area contributed by atoms with Gasteiger partial charge in [-0.3, -0.25) is 0 Å². The minimum absolute atomic E-state index is 0.413. The second-order valence-electron chi connectivity index (χ2n) is 3.89. The highest BCUT2D eigenvalue weighted by Crippen LogP contribution is 2.27. The Kier molecular flexibility index (Phi) is 4.82. The number of rotatable bonds is 4. The van der Waals surface area contributed by atoms with Crippen molar-refractivity contribution in [3.05, 3.63) is 50.7 Å². The Labute approximate surface area is 126 Å². The molecule has 1 aromatic carbocycles. The number of carbonyl (C=O) groups is 1. The molecule has 20 heavy (non-hydrogen) atoms. The minimum Gasteiger partial charge on any atom is -0.496 e. The normalized spacial score (nSPS) is 10.8. The molecular weight excluding hydrogens is 296 g/mol. The van der Waals surface area contributed by atoms with E-state index in [2.05, 4.69) is 0 Å². The van der Waals surface area contributed by atoms with Gasteiger partial charge in [0.1, 0.15) is 11.3 Å². The molecule has 0 saturated carbocycles. The maximum absolute atomic E-state index is 11.9. The first-order valence-electron chi connectivity index (χ1n) is 5.84. The summed E-state index contributed by atoms with van der Waals surface area (Å²) in [7, 11) is 2.87. The molecule has 0 radical (unpaired) electrons. The summed E-state index contributed by atoms with van der Waals surface area (Å²) >= 11 is 7.35. The van der Waals surface area contributed by atoms with Crippen molar-refractivity contribution in [1.29, 1.82) is 0 Å². The van der Waals surface area contributed by atoms with Crippen LogP contribution in [0.5, 0.6) is 5.75 Å². The molecule has 1 aromatic heterocycles. The molecule has 0 fully saturated rings. The maximum Gasteiger partial charge on any atom is 0.342 e. The van der Waals surface area contributed by atoms with Crippen molar-refractivity contribution in [3.8, 4) is 5.75 Å². The van der Waals surface area contributed by atoms with Gasteiger partial charge in [0.25, 0.3) is 0 Å². The van der Waals surface area contributed by atoms with Gasteiger partial charge in [-0.1, -0.05) is 29.8 Å². The molecule has 0 spiro atoms. The highest BCUT2D eigenvalue weighted by atomic mass is 35.5. The molecule has 104 valence electrons. The van der Waals surface area contributed by atoms with Gasteiger partial charge in [-0.15, -0.1) is 11.3 Å². The summed E-state index contributed by atoms with van der Waals surface area (Å²) in [5, 5.41) is 0. The van der Waals surface area contributed by atoms with E-state index in [4.69, 9.17) is 21.1 Å². The van der Waals surface area contributed by atoms with E-state index in [0.717, 1.165) is 14.8 Å². The Morgan fingerprint density at radius 2 is 2.00 bits per heavy atom. The van der Waals surface area contributed by atoms with Crippen molar-refractivity contribution in [1.82, 2.24) is 0 Å². The maximum atomic E-state index is 11.9. The van der Waals surface area contributed by atoms with E-state index >= 15 is 0 Å². The standard InChI is InChI=1S/C15H13ClO3S/c1-18-12-5-3-4-10(14(12)15(17)19-2)6-7-11-8-9-13(16)20-11/h3-9H,1-2H3/b7-6+. The third-order valence-corrected chi connectivity index (χ3v) is 3.89. The molecule has 0 amide bonds. The summed E-state index contributed by atoms with van der Waals surface area (Å²) in [5.41, 5.74) is 1.15. The highest BCUT2D eigenvalue weighted by Gasteiger charge is 2.16. The molecule has 0 aliphatic heterocycles. The zero-order valence-corrected chi connectivity index (χ0v) is 12.6. The van der Waals surface area contributed by atoms with E-state index in [0.29, 0.717) is 11.3 Å². The van der Waals surface area contributed by atoms with Crippen LogP contribution in [0.15, 0.2) is 30.3 Å². The number of ether oxygens (including phenoxy) is 2. The van der Waals surface area contributed by atoms with Crippen LogP contribution < -0.4 is 4.74 Å². The van der Waals surface area contributed by atoms with Gasteiger partial charge in [0, 0.05) is 4.88 Å². The molecule has 0 bridgehead atoms. The number of carbonyl (C=O) groups excluding carboxylic acids is 1. The quantitative estimate of drug-likeness (QED) is 0.787. The van der Waals surface area contributed by atoms with Crippen LogP contribution in [0.1, 0.15) is 20.8 Å². The lowest BCUT2D eigenvalue weighted by Crippen LogP contribution is -2.06. The molecule has 0 aliphatic carbocycles. The van der Waals surface area contributed by atoms with E-state index in [-0.39, 0.29) is 0 Å². The summed E-state index contributed by atoms with van der Waals surface area (Å²) in [6.45, 7) is 0. The van der Waals surface area contributed by atoms with Gasteiger partial charge in [0.2, 0.25) is 0 Å². The first kappa shape index (κ1) is 14.6. The fraction of sp³-hybridized carbons (Fsp3) is 0.133. The van der Waals surface area contributed by atoms with E-state index in [1.54, 1.807) is 6.07 Å². The van der Waals surface area contributed by atoms with Crippen LogP contribution in [-0.4, -0.2) is 20.2 Å². The third kappa shape index (κ3) is 3.21. The van der Waals surface area contributed by atoms with Crippen molar-refractivity contribution in [2.24, 2.45) is 0 Å². The number of esters is 1. The van der Waals surface area contributed by atoms with Crippen LogP contribution in [0.4, 0.5) is 0 Å². The molecule has 1 heterocycles. The summed E-state index contributed by atoms with van der Waals surface area (Å²) in [6.07, 6.45) is 3.74. The zero-order chi connectivity index (χ0) is 14.5. The number of halogens is 1. The van der Waals surface area contributed by atoms with Gasteiger partial charge >= 0.3 is 5.97 Å². The van der Waals surface area contributed by atoms with Gasteiger partial charge in [-0.05, 0) is 29.8 Å². The first-order chi connectivity index (χ1) is 9.65. The van der Waals surface area contributed by atoms with Crippen molar-refractivity contribution in [2.75, 3.05) is 14.2 Å². The van der Waals surface area contributed by atoms with E-state index in [1.165, 1.54) is 25.6 Å². The first-order valence-corrected chi connectivity index (χ1v) is 7.04. The van der Waals surface area contributed by atoms with Crippen molar-refractivity contribution in [2.45, 2.75) is 0 Å².